The molecule has 0 bridgehead atoms. The summed E-state index contributed by atoms with van der Waals surface area (Å²) in [6, 6.07) is 8.36. The molecule has 3 heterocycles. The summed E-state index contributed by atoms with van der Waals surface area (Å²) in [7, 11) is 6.37. The highest BCUT2D eigenvalue weighted by atomic mass is 16.7. The van der Waals surface area contributed by atoms with E-state index in [0.29, 0.717) is 18.3 Å². The lowest BCUT2D eigenvalue weighted by molar-refractivity contribution is -0.304. The van der Waals surface area contributed by atoms with E-state index in [9.17, 15) is 34.5 Å². The number of hydrogen-bond donors (Lipinski definition) is 3. The molecule has 0 aromatic heterocycles. The molecular formula is C50H73NO15. The number of ether oxygens (including phenoxy) is 8. The number of esters is 2. The quantitative estimate of drug-likeness (QED) is 0.127. The Balaban J connectivity index is 1.80. The smallest absolute Gasteiger partial charge is 0.331 e. The van der Waals surface area contributed by atoms with Gasteiger partial charge in [0.25, 0.3) is 0 Å². The Hall–Kier alpha value is -3.94. The Bertz CT molecular complexity index is 1820. The van der Waals surface area contributed by atoms with Gasteiger partial charge in [-0.1, -0.05) is 74.9 Å². The third kappa shape index (κ3) is 15.0. The standard InChI is InChI=1S/C50H73NO15/c1-11-38-36(28-61-50-48(60-10)47(59-9)44(57)33(6)63-50)25-29(2)20-22-37(53)30(3)26-35(19-15-16-24-52)46(66-49-45(58)42(51(7)8)43(56)32(5)62-49)31(4)39(27-41(55)64-38)65-40(54)23-21-34-17-13-12-14-18-34/h12-18,20-25,30-33,35-36,38-39,42-50,56-58H,11,19,26-28H2,1-10H3/b16-15+,22-20+,23-21+,29-25+/t30-,31+,32+,33-,35+,36-,38-,39-,42-,43+,44-,45+,46-,47-,48-,49-,50-/m1/s1. The number of likely N-dealkylation sites (N-methyl/N-ethyl adjacent to an activating group) is 1. The number of aliphatic hydroxyl groups excluding tert-OH is 3. The van der Waals surface area contributed by atoms with E-state index in [0.717, 1.165) is 5.56 Å². The average Bonchev–Trinajstić information content (AvgIpc) is 3.28. The Morgan fingerprint density at radius 2 is 1.56 bits per heavy atom. The number of aliphatic hydroxyl groups is 3. The van der Waals surface area contributed by atoms with Gasteiger partial charge in [-0.05, 0) is 83.8 Å². The van der Waals surface area contributed by atoms with Crippen molar-refractivity contribution in [3.63, 3.8) is 0 Å². The molecule has 3 aliphatic rings. The van der Waals surface area contributed by atoms with Crippen LogP contribution in [0.4, 0.5) is 0 Å². The van der Waals surface area contributed by atoms with Crippen LogP contribution < -0.4 is 0 Å². The fraction of sp³-hybridized carbons (Fsp3) is 0.640. The van der Waals surface area contributed by atoms with Gasteiger partial charge < -0.3 is 58.1 Å². The zero-order valence-corrected chi connectivity index (χ0v) is 40.0. The van der Waals surface area contributed by atoms with Crippen molar-refractivity contribution < 1.29 is 72.4 Å². The van der Waals surface area contributed by atoms with E-state index >= 15 is 0 Å². The van der Waals surface area contributed by atoms with Gasteiger partial charge in [-0.25, -0.2) is 4.79 Å². The lowest BCUT2D eigenvalue weighted by atomic mass is 9.79. The fourth-order valence-electron chi connectivity index (χ4n) is 9.00. The van der Waals surface area contributed by atoms with Crippen molar-refractivity contribution in [1.29, 1.82) is 0 Å². The maximum atomic E-state index is 14.4. The van der Waals surface area contributed by atoms with Crippen LogP contribution in [0.2, 0.25) is 0 Å². The highest BCUT2D eigenvalue weighted by Gasteiger charge is 2.48. The molecule has 0 saturated carbocycles. The number of carbonyl (C=O) groups is 4. The maximum absolute atomic E-state index is 14.4. The van der Waals surface area contributed by atoms with Crippen molar-refractivity contribution >= 4 is 30.1 Å². The lowest BCUT2D eigenvalue weighted by Crippen LogP contribution is -2.63. The molecule has 0 aliphatic carbocycles. The van der Waals surface area contributed by atoms with E-state index in [1.807, 2.05) is 50.3 Å². The summed E-state index contributed by atoms with van der Waals surface area (Å²) in [4.78, 5) is 55.3. The molecule has 2 fully saturated rings. The molecule has 66 heavy (non-hydrogen) atoms. The molecule has 0 radical (unpaired) electrons. The summed E-state index contributed by atoms with van der Waals surface area (Å²) in [5.74, 6) is -4.19. The zero-order valence-electron chi connectivity index (χ0n) is 40.0. The number of benzene rings is 1. The monoisotopic (exact) mass is 927 g/mol. The van der Waals surface area contributed by atoms with E-state index in [2.05, 4.69) is 0 Å². The second-order valence-electron chi connectivity index (χ2n) is 17.9. The van der Waals surface area contributed by atoms with Gasteiger partial charge >= 0.3 is 11.9 Å². The molecule has 4 rings (SSSR count). The first-order chi connectivity index (χ1) is 31.4. The summed E-state index contributed by atoms with van der Waals surface area (Å²) in [5, 5.41) is 33.5. The van der Waals surface area contributed by atoms with E-state index in [1.165, 1.54) is 32.4 Å². The summed E-state index contributed by atoms with van der Waals surface area (Å²) in [5.41, 5.74) is 1.43. The summed E-state index contributed by atoms with van der Waals surface area (Å²) < 4.78 is 48.9. The second-order valence-corrected chi connectivity index (χ2v) is 17.9. The van der Waals surface area contributed by atoms with Crippen LogP contribution in [0, 0.1) is 23.7 Å². The average molecular weight is 928 g/mol. The number of rotatable bonds is 15. The molecule has 0 unspecified atom stereocenters. The predicted octanol–water partition coefficient (Wildman–Crippen LogP) is 4.38. The van der Waals surface area contributed by atoms with Crippen LogP contribution in [-0.4, -0.2) is 159 Å². The Morgan fingerprint density at radius 3 is 2.20 bits per heavy atom. The Labute approximate surface area is 389 Å². The molecule has 1 aromatic rings. The van der Waals surface area contributed by atoms with Crippen LogP contribution >= 0.6 is 0 Å². The van der Waals surface area contributed by atoms with E-state index in [-0.39, 0.29) is 25.2 Å². The second kappa shape index (κ2) is 26.6. The summed E-state index contributed by atoms with van der Waals surface area (Å²) >= 11 is 0. The summed E-state index contributed by atoms with van der Waals surface area (Å²) in [6.07, 6.45) is 0.357. The topological polar surface area (TPSA) is 206 Å². The van der Waals surface area contributed by atoms with Crippen LogP contribution in [0.5, 0.6) is 0 Å². The van der Waals surface area contributed by atoms with Crippen LogP contribution in [-0.2, 0) is 57.1 Å². The van der Waals surface area contributed by atoms with Crippen molar-refractivity contribution in [2.45, 2.75) is 147 Å². The van der Waals surface area contributed by atoms with E-state index in [4.69, 9.17) is 37.9 Å². The maximum Gasteiger partial charge on any atom is 0.331 e. The Morgan fingerprint density at radius 1 is 0.894 bits per heavy atom. The minimum Gasteiger partial charge on any atom is -0.462 e. The van der Waals surface area contributed by atoms with Gasteiger partial charge in [-0.2, -0.15) is 0 Å². The largest absolute Gasteiger partial charge is 0.462 e. The lowest BCUT2D eigenvalue weighted by Gasteiger charge is -2.46. The minimum absolute atomic E-state index is 0.0269. The highest BCUT2D eigenvalue weighted by molar-refractivity contribution is 5.91. The van der Waals surface area contributed by atoms with Crippen molar-refractivity contribution in [1.82, 2.24) is 4.90 Å². The molecule has 17 atom stereocenters. The number of carbonyl (C=O) groups excluding carboxylic acids is 4. The van der Waals surface area contributed by atoms with Crippen molar-refractivity contribution in [2.75, 3.05) is 34.9 Å². The van der Waals surface area contributed by atoms with Gasteiger partial charge in [0.1, 0.15) is 42.9 Å². The van der Waals surface area contributed by atoms with E-state index < -0.39 is 122 Å². The number of nitrogens with zero attached hydrogens (tertiary/aromatic N) is 1. The van der Waals surface area contributed by atoms with Gasteiger partial charge in [-0.15, -0.1) is 0 Å². The fourth-order valence-corrected chi connectivity index (χ4v) is 9.00. The first-order valence-electron chi connectivity index (χ1n) is 22.9. The third-order valence-corrected chi connectivity index (χ3v) is 12.8. The van der Waals surface area contributed by atoms with E-state index in [1.54, 1.807) is 64.9 Å². The molecule has 368 valence electrons. The van der Waals surface area contributed by atoms with Crippen LogP contribution in [0.3, 0.4) is 0 Å². The van der Waals surface area contributed by atoms with Crippen molar-refractivity contribution in [3.05, 3.63) is 77.9 Å². The number of hydrogen-bond acceptors (Lipinski definition) is 16. The molecule has 3 aliphatic heterocycles. The predicted molar refractivity (Wildman–Crippen MR) is 244 cm³/mol. The molecule has 2 saturated heterocycles. The Kier molecular flexibility index (Phi) is 22.0. The first kappa shape index (κ1) is 54.7. The molecule has 16 heteroatoms. The van der Waals surface area contributed by atoms with Crippen LogP contribution in [0.25, 0.3) is 6.08 Å². The number of allylic oxidation sites excluding steroid dienone is 5. The first-order valence-corrected chi connectivity index (χ1v) is 22.9. The molecular weight excluding hydrogens is 855 g/mol. The van der Waals surface area contributed by atoms with Gasteiger partial charge in [0.15, 0.2) is 18.4 Å². The molecule has 3 N–H and O–H groups in total. The van der Waals surface area contributed by atoms with Gasteiger partial charge in [0, 0.05) is 38.0 Å². The molecule has 0 spiro atoms. The molecule has 0 amide bonds. The number of aldehydes is 1. The van der Waals surface area contributed by atoms with Crippen molar-refractivity contribution in [2.24, 2.45) is 23.7 Å². The number of cyclic esters (lactones) is 1. The highest BCUT2D eigenvalue weighted by Crippen LogP contribution is 2.36. The molecule has 1 aromatic carbocycles. The normalized spacial score (nSPS) is 37.9. The van der Waals surface area contributed by atoms with Crippen LogP contribution in [0.15, 0.2) is 72.4 Å². The van der Waals surface area contributed by atoms with Crippen LogP contribution in [0.1, 0.15) is 72.8 Å². The minimum atomic E-state index is -1.35. The number of methoxy groups -OCH3 is 2. The third-order valence-electron chi connectivity index (χ3n) is 12.8. The van der Waals surface area contributed by atoms with Gasteiger partial charge in [0.2, 0.25) is 0 Å². The zero-order chi connectivity index (χ0) is 48.7. The molecule has 16 nitrogen and oxygen atoms in total. The summed E-state index contributed by atoms with van der Waals surface area (Å²) in [6.45, 7) is 10.6. The van der Waals surface area contributed by atoms with Gasteiger partial charge in [0.05, 0.1) is 43.5 Å². The SMILES string of the molecule is CC[C@H]1OC(=O)C[C@@H](OC(=O)/C=C/c2ccccc2)[C@H](C)[C@@H](O[C@H]2O[C@@H](C)[C@H](O)[C@@H](N(C)C)[C@@H]2O)[C@@H](C/C=C/C=O)C[C@@H](C)C(=O)/C=C/C(C)=C/[C@@H]1CO[C@@H]1O[C@H](C)[C@@H](O)[C@@H](OC)[C@H]1OC. The number of ketones is 1. The van der Waals surface area contributed by atoms with Gasteiger partial charge in [-0.3, -0.25) is 14.4 Å². The van der Waals surface area contributed by atoms with Crippen molar-refractivity contribution in [3.8, 4) is 0 Å².